The molecule has 0 aromatic carbocycles. The largest absolute Gasteiger partial charge is 0.393 e. The molecule has 0 spiro atoms. The fourth-order valence-electron chi connectivity index (χ4n) is 0.311. The van der Waals surface area contributed by atoms with E-state index in [1.165, 1.54) is 0 Å². The number of carbonyl (C=O) groups is 1. The summed E-state index contributed by atoms with van der Waals surface area (Å²) in [7, 11) is 0. The summed E-state index contributed by atoms with van der Waals surface area (Å²) in [6.45, 7) is 2.84. The summed E-state index contributed by atoms with van der Waals surface area (Å²) in [5, 5.41) is -1.14. The second-order valence-electron chi connectivity index (χ2n) is 1.67. The van der Waals surface area contributed by atoms with Gasteiger partial charge in [0.25, 0.3) is 0 Å². The molecule has 0 unspecified atom stereocenters. The van der Waals surface area contributed by atoms with E-state index in [0.717, 1.165) is 0 Å². The molecule has 0 saturated carbocycles. The third kappa shape index (κ3) is 4.38. The second-order valence-corrected chi connectivity index (χ2v) is 2.01. The highest BCUT2D eigenvalue weighted by atomic mass is 35.5. The Labute approximate surface area is 60.5 Å². The number of carbonyl (C=O) groups excluding carboxylic acids is 1. The first kappa shape index (κ1) is 9.49. The predicted molar refractivity (Wildman–Crippen MR) is 30.7 cm³/mol. The van der Waals surface area contributed by atoms with Gasteiger partial charge in [-0.1, -0.05) is 6.58 Å². The van der Waals surface area contributed by atoms with Crippen molar-refractivity contribution in [1.29, 1.82) is 0 Å². The molecule has 0 N–H and O–H groups in total. The smallest absolute Gasteiger partial charge is 0.276 e. The number of allylic oxidation sites excluding steroid dienone is 1. The molecule has 58 valence electrons. The summed E-state index contributed by atoms with van der Waals surface area (Å²) in [5.41, 5.74) is -0.630. The van der Waals surface area contributed by atoms with E-state index in [1.807, 2.05) is 0 Å². The molecule has 0 aliphatic heterocycles. The van der Waals surface area contributed by atoms with Crippen molar-refractivity contribution in [1.82, 2.24) is 0 Å². The van der Waals surface area contributed by atoms with Gasteiger partial charge in [-0.3, -0.25) is 4.79 Å². The van der Waals surface area contributed by atoms with Crippen LogP contribution in [-0.4, -0.2) is 11.4 Å². The molecule has 0 aromatic rings. The Morgan fingerprint density at radius 1 is 1.50 bits per heavy atom. The molecule has 0 heterocycles. The lowest BCUT2D eigenvalue weighted by Gasteiger charge is -2.03. The van der Waals surface area contributed by atoms with Crippen LogP contribution in [-0.2, 0) is 4.79 Å². The molecular weight excluding hydrogens is 169 g/mol. The third-order valence-corrected chi connectivity index (χ3v) is 0.959. The van der Waals surface area contributed by atoms with Gasteiger partial charge in [0.05, 0.1) is 6.42 Å². The molecule has 0 aromatic heterocycles. The minimum absolute atomic E-state index is 0.630. The van der Waals surface area contributed by atoms with E-state index in [1.54, 1.807) is 0 Å². The lowest BCUT2D eigenvalue weighted by molar-refractivity contribution is -0.131. The number of alkyl halides is 3. The molecule has 1 nitrogen and oxygen atoms in total. The Bertz CT molecular complexity index is 161. The molecule has 0 aliphatic rings. The molecule has 0 atom stereocenters. The van der Waals surface area contributed by atoms with Gasteiger partial charge < -0.3 is 0 Å². The Balaban J connectivity index is 3.93. The molecule has 0 rings (SSSR count). The summed E-state index contributed by atoms with van der Waals surface area (Å²) in [6, 6.07) is 0. The normalized spacial score (nSPS) is 11.2. The maximum Gasteiger partial charge on any atom is 0.393 e. The molecule has 0 radical (unpaired) electrons. The molecule has 10 heavy (non-hydrogen) atoms. The first-order valence-corrected chi connectivity index (χ1v) is 2.65. The van der Waals surface area contributed by atoms with Crippen LogP contribution >= 0.6 is 11.6 Å². The topological polar surface area (TPSA) is 17.1 Å². The van der Waals surface area contributed by atoms with Crippen LogP contribution in [0.2, 0.25) is 0 Å². The minimum Gasteiger partial charge on any atom is -0.276 e. The van der Waals surface area contributed by atoms with Crippen LogP contribution < -0.4 is 0 Å². The van der Waals surface area contributed by atoms with Crippen LogP contribution in [0, 0.1) is 0 Å². The van der Waals surface area contributed by atoms with E-state index < -0.39 is 23.4 Å². The zero-order valence-corrected chi connectivity index (χ0v) is 5.59. The fraction of sp³-hybridized carbons (Fsp3) is 0.400. The summed E-state index contributed by atoms with van der Waals surface area (Å²) < 4.78 is 34.2. The molecule has 0 amide bonds. The Morgan fingerprint density at radius 3 is 2.00 bits per heavy atom. The maximum absolute atomic E-state index is 11.4. The third-order valence-electron chi connectivity index (χ3n) is 0.692. The quantitative estimate of drug-likeness (QED) is 0.461. The van der Waals surface area contributed by atoms with E-state index in [0.29, 0.717) is 0 Å². The zero-order chi connectivity index (χ0) is 8.36. The van der Waals surface area contributed by atoms with Crippen molar-refractivity contribution >= 4 is 16.8 Å². The van der Waals surface area contributed by atoms with Gasteiger partial charge in [0.15, 0.2) is 0 Å². The first-order valence-electron chi connectivity index (χ1n) is 2.27. The van der Waals surface area contributed by atoms with Crippen molar-refractivity contribution in [3.05, 3.63) is 12.2 Å². The predicted octanol–water partition coefficient (Wildman–Crippen LogP) is 2.26. The van der Waals surface area contributed by atoms with Gasteiger partial charge in [-0.25, -0.2) is 0 Å². The summed E-state index contributed by atoms with van der Waals surface area (Å²) in [4.78, 5) is 9.99. The SMILES string of the molecule is C=C(CC(F)(F)F)C(=O)Cl. The average molecular weight is 173 g/mol. The van der Waals surface area contributed by atoms with Gasteiger partial charge in [-0.15, -0.1) is 0 Å². The van der Waals surface area contributed by atoms with E-state index in [2.05, 4.69) is 6.58 Å². The lowest BCUT2D eigenvalue weighted by atomic mass is 10.2. The van der Waals surface area contributed by atoms with E-state index >= 15 is 0 Å². The van der Waals surface area contributed by atoms with Crippen LogP contribution in [0.3, 0.4) is 0 Å². The monoisotopic (exact) mass is 172 g/mol. The molecule has 0 saturated heterocycles. The highest BCUT2D eigenvalue weighted by molar-refractivity contribution is 6.67. The molecule has 0 fully saturated rings. The van der Waals surface area contributed by atoms with Crippen molar-refractivity contribution in [3.8, 4) is 0 Å². The van der Waals surface area contributed by atoms with Crippen LogP contribution in [0.1, 0.15) is 6.42 Å². The number of hydrogen-bond acceptors (Lipinski definition) is 1. The number of rotatable bonds is 2. The lowest BCUT2D eigenvalue weighted by Crippen LogP contribution is -2.10. The first-order chi connectivity index (χ1) is 4.33. The standard InChI is InChI=1S/C5H4ClF3O/c1-3(4(6)10)2-5(7,8)9/h1-2H2. The minimum atomic E-state index is -4.40. The molecule has 0 bridgehead atoms. The van der Waals surface area contributed by atoms with E-state index in [-0.39, 0.29) is 0 Å². The van der Waals surface area contributed by atoms with Crippen LogP contribution in [0.15, 0.2) is 12.2 Å². The average Bonchev–Trinajstić information content (AvgIpc) is 1.60. The van der Waals surface area contributed by atoms with Crippen LogP contribution in [0.5, 0.6) is 0 Å². The fourth-order valence-corrected chi connectivity index (χ4v) is 0.378. The van der Waals surface area contributed by atoms with Crippen LogP contribution in [0.4, 0.5) is 13.2 Å². The maximum atomic E-state index is 11.4. The van der Waals surface area contributed by atoms with Crippen molar-refractivity contribution in [2.24, 2.45) is 0 Å². The molecule has 5 heteroatoms. The van der Waals surface area contributed by atoms with Crippen molar-refractivity contribution in [2.75, 3.05) is 0 Å². The highest BCUT2D eigenvalue weighted by Crippen LogP contribution is 2.24. The summed E-state index contributed by atoms with van der Waals surface area (Å²) >= 11 is 4.70. The van der Waals surface area contributed by atoms with Crippen molar-refractivity contribution < 1.29 is 18.0 Å². The Hall–Kier alpha value is -0.510. The van der Waals surface area contributed by atoms with Gasteiger partial charge in [0.1, 0.15) is 0 Å². The number of hydrogen-bond donors (Lipinski definition) is 0. The highest BCUT2D eigenvalue weighted by Gasteiger charge is 2.29. The second kappa shape index (κ2) is 3.05. The Morgan fingerprint density at radius 2 is 1.90 bits per heavy atom. The van der Waals surface area contributed by atoms with Gasteiger partial charge >= 0.3 is 6.18 Å². The molecular formula is C5H4ClF3O. The van der Waals surface area contributed by atoms with Gasteiger partial charge in [-0.2, -0.15) is 13.2 Å². The van der Waals surface area contributed by atoms with Gasteiger partial charge in [0.2, 0.25) is 5.24 Å². The van der Waals surface area contributed by atoms with E-state index in [4.69, 9.17) is 11.6 Å². The summed E-state index contributed by atoms with van der Waals surface area (Å²) in [6.07, 6.45) is -5.74. The van der Waals surface area contributed by atoms with Gasteiger partial charge in [-0.05, 0) is 11.6 Å². The van der Waals surface area contributed by atoms with Crippen molar-refractivity contribution in [2.45, 2.75) is 12.6 Å². The van der Waals surface area contributed by atoms with Crippen LogP contribution in [0.25, 0.3) is 0 Å². The zero-order valence-electron chi connectivity index (χ0n) is 4.83. The number of halogens is 4. The Kier molecular flexibility index (Phi) is 2.90. The van der Waals surface area contributed by atoms with Crippen molar-refractivity contribution in [3.63, 3.8) is 0 Å². The summed E-state index contributed by atoms with van der Waals surface area (Å²) in [5.74, 6) is 0. The van der Waals surface area contributed by atoms with Gasteiger partial charge in [0, 0.05) is 5.57 Å². The van der Waals surface area contributed by atoms with E-state index in [9.17, 15) is 18.0 Å². The molecule has 0 aliphatic carbocycles.